The molecule has 0 radical (unpaired) electrons. The third kappa shape index (κ3) is 12.7. The number of fused-ring (bicyclic) bond motifs is 12. The fraction of sp³-hybridized carbons (Fsp3) is 0.00885. The number of nitrogens with zero attached hydrogens (tertiary/aromatic N) is 6. The average Bonchev–Trinajstić information content (AvgIpc) is 1.60. The molecule has 0 fully saturated rings. The highest BCUT2D eigenvalue weighted by Crippen LogP contribution is 2.44. The summed E-state index contributed by atoms with van der Waals surface area (Å²) in [7, 11) is 0. The molecule has 119 heavy (non-hydrogen) atoms. The molecule has 0 atom stereocenters. The van der Waals surface area contributed by atoms with Crippen molar-refractivity contribution in [2.24, 2.45) is 0 Å². The third-order valence-electron chi connectivity index (χ3n) is 23.7. The first-order valence-electron chi connectivity index (χ1n) is 40.7. The van der Waals surface area contributed by atoms with Crippen molar-refractivity contribution < 1.29 is 0 Å². The molecule has 0 saturated carbocycles. The van der Waals surface area contributed by atoms with Crippen molar-refractivity contribution in [1.82, 2.24) is 28.2 Å². The molecule has 0 unspecified atom stereocenters. The molecule has 0 aliphatic carbocycles. The Balaban J connectivity index is 0.000000144. The number of rotatable bonds is 13. The average molecular weight is 1520 g/mol. The van der Waals surface area contributed by atoms with Gasteiger partial charge in [-0.3, -0.25) is 0 Å². The van der Waals surface area contributed by atoms with Crippen LogP contribution in [0.4, 0.5) is 0 Å². The van der Waals surface area contributed by atoms with E-state index in [0.717, 1.165) is 84.3 Å². The van der Waals surface area contributed by atoms with E-state index in [1.54, 1.807) is 0 Å². The van der Waals surface area contributed by atoms with Crippen LogP contribution in [0.5, 0.6) is 0 Å². The third-order valence-corrected chi connectivity index (χ3v) is 23.7. The van der Waals surface area contributed by atoms with Crippen LogP contribution in [0.25, 0.3) is 211 Å². The van der Waals surface area contributed by atoms with E-state index in [9.17, 15) is 0 Å². The topological polar surface area (TPSA) is 45.5 Å². The summed E-state index contributed by atoms with van der Waals surface area (Å²) in [5.74, 6) is 0. The van der Waals surface area contributed by atoms with Gasteiger partial charge in [0.05, 0.1) is 66.9 Å². The summed E-state index contributed by atoms with van der Waals surface area (Å²) in [5.41, 5.74) is 35.4. The summed E-state index contributed by atoms with van der Waals surface area (Å²) in [5, 5.41) is 9.96. The highest BCUT2D eigenvalue weighted by atomic mass is 15.0. The molecule has 6 heterocycles. The van der Waals surface area contributed by atoms with Gasteiger partial charge in [-0.2, -0.15) is 0 Å². The van der Waals surface area contributed by atoms with Crippen LogP contribution in [0, 0.1) is 6.92 Å². The van der Waals surface area contributed by atoms with Crippen LogP contribution >= 0.6 is 0 Å². The lowest BCUT2D eigenvalue weighted by molar-refractivity contribution is 1.17. The number of hydrogen-bond donors (Lipinski definition) is 0. The lowest BCUT2D eigenvalue weighted by Gasteiger charge is -2.12. The number of aryl methyl sites for hydroxylation is 1. The van der Waals surface area contributed by atoms with Crippen LogP contribution in [0.2, 0.25) is 0 Å². The lowest BCUT2D eigenvalue weighted by atomic mass is 9.99. The van der Waals surface area contributed by atoms with Crippen LogP contribution in [-0.4, -0.2) is 28.2 Å². The van der Waals surface area contributed by atoms with E-state index in [4.69, 9.17) is 9.97 Å². The zero-order valence-electron chi connectivity index (χ0n) is 65.3. The van der Waals surface area contributed by atoms with Gasteiger partial charge in [0.2, 0.25) is 0 Å². The Kier molecular flexibility index (Phi) is 17.4. The van der Waals surface area contributed by atoms with Gasteiger partial charge in [-0.15, -0.1) is 0 Å². The van der Waals surface area contributed by atoms with E-state index in [-0.39, 0.29) is 0 Å². The van der Waals surface area contributed by atoms with E-state index < -0.39 is 0 Å². The SMILES string of the molecule is Cc1ccc(-n2c3ccccc3c3ccc(-c4ccc5c(c4)c4ccccc4n5-c4ccc(-c5cc(-c6ccccc6)nc(-c6ccccc6)c5)cc4)cc32)cc1.c1ccc(-c2cccc(-n3c4ccccc4c4ccc(-c5ccc6c(c5)c5ccccc5n6-c5ccc(-c6cc(-c7ccccc7)nc(-c7ccccc7)c6)cc5)cc43)c2)cc1. The molecular formula is C113H76N6. The number of hydrogen-bond acceptors (Lipinski definition) is 2. The van der Waals surface area contributed by atoms with Crippen molar-refractivity contribution >= 4 is 87.2 Å². The van der Waals surface area contributed by atoms with Crippen molar-refractivity contribution in [3.05, 3.63) is 448 Å². The zero-order valence-corrected chi connectivity index (χ0v) is 65.3. The van der Waals surface area contributed by atoms with Gasteiger partial charge in [0.25, 0.3) is 0 Å². The Labute approximate surface area is 689 Å². The van der Waals surface area contributed by atoms with Gasteiger partial charge in [-0.1, -0.05) is 315 Å². The first kappa shape index (κ1) is 69.9. The second kappa shape index (κ2) is 29.6. The van der Waals surface area contributed by atoms with Crippen LogP contribution in [0.15, 0.2) is 443 Å². The van der Waals surface area contributed by atoms with Crippen molar-refractivity contribution in [3.8, 4) is 123 Å². The summed E-state index contributed by atoms with van der Waals surface area (Å²) in [4.78, 5) is 10.2. The predicted octanol–water partition coefficient (Wildman–Crippen LogP) is 29.9. The van der Waals surface area contributed by atoms with Crippen LogP contribution in [0.3, 0.4) is 0 Å². The molecule has 0 bridgehead atoms. The summed E-state index contributed by atoms with van der Waals surface area (Å²) >= 11 is 0. The van der Waals surface area contributed by atoms with Gasteiger partial charge in [0.15, 0.2) is 0 Å². The lowest BCUT2D eigenvalue weighted by Crippen LogP contribution is -1.95. The van der Waals surface area contributed by atoms with Crippen molar-refractivity contribution in [3.63, 3.8) is 0 Å². The van der Waals surface area contributed by atoms with E-state index >= 15 is 0 Å². The van der Waals surface area contributed by atoms with Crippen molar-refractivity contribution in [1.29, 1.82) is 0 Å². The number of para-hydroxylation sites is 4. The first-order chi connectivity index (χ1) is 58.9. The molecule has 0 spiro atoms. The highest BCUT2D eigenvalue weighted by molar-refractivity contribution is 6.15. The van der Waals surface area contributed by atoms with Gasteiger partial charge in [0.1, 0.15) is 0 Å². The van der Waals surface area contributed by atoms with Crippen LogP contribution < -0.4 is 0 Å². The largest absolute Gasteiger partial charge is 0.309 e. The second-order valence-electron chi connectivity index (χ2n) is 30.9. The van der Waals surface area contributed by atoms with Gasteiger partial charge < -0.3 is 18.3 Å². The monoisotopic (exact) mass is 1520 g/mol. The quantitative estimate of drug-likeness (QED) is 0.115. The van der Waals surface area contributed by atoms with E-state index in [2.05, 4.69) is 444 Å². The molecule has 6 heteroatoms. The summed E-state index contributed by atoms with van der Waals surface area (Å²) < 4.78 is 9.62. The molecule has 0 aliphatic rings. The maximum atomic E-state index is 5.11. The van der Waals surface area contributed by atoms with E-state index in [1.807, 2.05) is 24.3 Å². The smallest absolute Gasteiger partial charge is 0.0715 e. The van der Waals surface area contributed by atoms with Gasteiger partial charge in [0, 0.05) is 88.1 Å². The molecule has 23 rings (SSSR count). The number of benzene rings is 17. The maximum Gasteiger partial charge on any atom is 0.0715 e. The Bertz CT molecular complexity index is 7680. The van der Waals surface area contributed by atoms with Crippen molar-refractivity contribution in [2.45, 2.75) is 6.92 Å². The maximum absolute atomic E-state index is 5.11. The second-order valence-corrected chi connectivity index (χ2v) is 30.9. The molecule has 0 saturated heterocycles. The summed E-state index contributed by atoms with van der Waals surface area (Å²) in [6, 6.07) is 160. The van der Waals surface area contributed by atoms with Gasteiger partial charge in [-0.05, 0) is 196 Å². The first-order valence-corrected chi connectivity index (χ1v) is 40.7. The Morgan fingerprint density at radius 1 is 0.143 bits per heavy atom. The Hall–Kier alpha value is -15.8. The molecule has 0 aliphatic heterocycles. The zero-order chi connectivity index (χ0) is 78.9. The minimum Gasteiger partial charge on any atom is -0.309 e. The van der Waals surface area contributed by atoms with Gasteiger partial charge in [-0.25, -0.2) is 9.97 Å². The van der Waals surface area contributed by atoms with Crippen LogP contribution in [-0.2, 0) is 0 Å². The van der Waals surface area contributed by atoms with Gasteiger partial charge >= 0.3 is 0 Å². The molecule has 23 aromatic rings. The number of aromatic nitrogens is 6. The standard InChI is InChI=1S/C59H39N3.C54H37N3/c1-4-15-40(16-5-1)44-21-14-22-49(35-44)62-56-25-12-10-23-50(56)52-33-29-46(39-59(52)62)45-30-34-58-53(36-45)51-24-11-13-26-57(51)61(58)48-31-27-41(28-32-48)47-37-54(42-17-6-2-7-18-42)60-55(38-47)43-19-8-3-9-20-43;1-36-20-26-43(27-21-36)57-51-18-10-8-16-45(51)47-30-24-41(35-54(47)57)40-25-31-53-48(32-40)46-17-9-11-19-52(46)56(53)44-28-22-37(23-29-44)42-33-49(38-12-4-2-5-13-38)55-50(34-42)39-14-6-3-7-15-39/h1-39H;2-35H,1H3. The number of pyridine rings is 2. The van der Waals surface area contributed by atoms with E-state index in [0.29, 0.717) is 0 Å². The molecule has 6 nitrogen and oxygen atoms in total. The predicted molar refractivity (Wildman–Crippen MR) is 499 cm³/mol. The minimum absolute atomic E-state index is 0.960. The van der Waals surface area contributed by atoms with E-state index in [1.165, 1.54) is 132 Å². The molecule has 6 aromatic heterocycles. The summed E-state index contributed by atoms with van der Waals surface area (Å²) in [6.07, 6.45) is 0. The highest BCUT2D eigenvalue weighted by Gasteiger charge is 2.22. The fourth-order valence-electron chi connectivity index (χ4n) is 17.9. The Morgan fingerprint density at radius 3 is 0.773 bits per heavy atom. The van der Waals surface area contributed by atoms with Crippen LogP contribution in [0.1, 0.15) is 5.56 Å². The molecule has 0 N–H and O–H groups in total. The summed E-state index contributed by atoms with van der Waals surface area (Å²) in [6.45, 7) is 2.14. The normalized spacial score (nSPS) is 11.6. The minimum atomic E-state index is 0.960. The fourth-order valence-corrected chi connectivity index (χ4v) is 17.9. The van der Waals surface area contributed by atoms with Crippen molar-refractivity contribution in [2.75, 3.05) is 0 Å². The Morgan fingerprint density at radius 2 is 0.395 bits per heavy atom. The molecule has 558 valence electrons. The molecule has 0 amide bonds. The molecular weight excluding hydrogens is 1440 g/mol. The molecule has 17 aromatic carbocycles.